The van der Waals surface area contributed by atoms with Crippen LogP contribution in [0.2, 0.25) is 0 Å². The van der Waals surface area contributed by atoms with E-state index in [-0.39, 0.29) is 5.92 Å². The molecule has 1 unspecified atom stereocenters. The van der Waals surface area contributed by atoms with E-state index in [0.717, 1.165) is 12.0 Å². The molecule has 17 heavy (non-hydrogen) atoms. The van der Waals surface area contributed by atoms with E-state index >= 15 is 0 Å². The van der Waals surface area contributed by atoms with Gasteiger partial charge in [-0.15, -0.1) is 0 Å². The summed E-state index contributed by atoms with van der Waals surface area (Å²) in [5.74, 6) is -0.0901. The van der Waals surface area contributed by atoms with Crippen LogP contribution in [0.5, 0.6) is 0 Å². The predicted octanol–water partition coefficient (Wildman–Crippen LogP) is 3.88. The second-order valence-electron chi connectivity index (χ2n) is 4.42. The van der Waals surface area contributed by atoms with Gasteiger partial charge in [0.25, 0.3) is 0 Å². The van der Waals surface area contributed by atoms with E-state index in [1.807, 2.05) is 12.1 Å². The highest BCUT2D eigenvalue weighted by Crippen LogP contribution is 2.44. The van der Waals surface area contributed by atoms with Crippen LogP contribution in [-0.2, 0) is 6.42 Å². The molecule has 0 aromatic heterocycles. The number of hydrogen-bond donors (Lipinski definition) is 0. The number of nitriles is 1. The van der Waals surface area contributed by atoms with Crippen LogP contribution in [0.4, 0.5) is 0 Å². The number of aryl methyl sites for hydroxylation is 1. The van der Waals surface area contributed by atoms with E-state index in [1.165, 1.54) is 22.3 Å². The number of nitrogens with zero attached hydrogens (tertiary/aromatic N) is 1. The molecule has 1 nitrogen and oxygen atoms in total. The molecule has 0 fully saturated rings. The molecule has 3 rings (SSSR count). The summed E-state index contributed by atoms with van der Waals surface area (Å²) >= 11 is 0. The Morgan fingerprint density at radius 1 is 1.06 bits per heavy atom. The molecule has 0 spiro atoms. The molecule has 0 amide bonds. The van der Waals surface area contributed by atoms with Gasteiger partial charge in [-0.25, -0.2) is 0 Å². The lowest BCUT2D eigenvalue weighted by atomic mass is 9.97. The topological polar surface area (TPSA) is 23.8 Å². The quantitative estimate of drug-likeness (QED) is 0.714. The number of rotatable bonds is 1. The lowest BCUT2D eigenvalue weighted by Gasteiger charge is -2.05. The van der Waals surface area contributed by atoms with Gasteiger partial charge in [0, 0.05) is 0 Å². The molecule has 2 aromatic carbocycles. The first-order chi connectivity index (χ1) is 8.35. The van der Waals surface area contributed by atoms with Crippen molar-refractivity contribution in [3.63, 3.8) is 0 Å². The first kappa shape index (κ1) is 10.1. The fourth-order valence-electron chi connectivity index (χ4n) is 2.62. The van der Waals surface area contributed by atoms with Crippen molar-refractivity contribution in [2.24, 2.45) is 0 Å². The maximum absolute atomic E-state index is 9.37. The van der Waals surface area contributed by atoms with Gasteiger partial charge in [0.2, 0.25) is 0 Å². The zero-order valence-electron chi connectivity index (χ0n) is 9.77. The predicted molar refractivity (Wildman–Crippen MR) is 68.7 cm³/mol. The van der Waals surface area contributed by atoms with E-state index in [1.54, 1.807) is 0 Å². The van der Waals surface area contributed by atoms with Crippen molar-refractivity contribution in [1.29, 1.82) is 5.26 Å². The van der Waals surface area contributed by atoms with E-state index < -0.39 is 0 Å². The zero-order valence-corrected chi connectivity index (χ0v) is 9.77. The minimum Gasteiger partial charge on any atom is -0.197 e. The molecular weight excluding hydrogens is 206 g/mol. The third-order valence-electron chi connectivity index (χ3n) is 3.53. The van der Waals surface area contributed by atoms with Crippen molar-refractivity contribution in [3.05, 3.63) is 59.2 Å². The van der Waals surface area contributed by atoms with E-state index in [2.05, 4.69) is 43.3 Å². The number of fused-ring (bicyclic) bond motifs is 3. The van der Waals surface area contributed by atoms with Crippen molar-refractivity contribution in [2.75, 3.05) is 0 Å². The van der Waals surface area contributed by atoms with Crippen LogP contribution in [0.1, 0.15) is 29.5 Å². The summed E-state index contributed by atoms with van der Waals surface area (Å²) in [6.07, 6.45) is 1.02. The SMILES string of the molecule is CCc1ccc2c(c1)C(C#N)c1ccccc1-2. The normalized spacial score (nSPS) is 16.1. The second kappa shape index (κ2) is 3.75. The Kier molecular flexibility index (Phi) is 2.23. The standard InChI is InChI=1S/C16H13N/c1-2-11-7-8-14-12-5-3-4-6-13(12)16(10-17)15(14)9-11/h3-9,16H,2H2,1H3. The zero-order chi connectivity index (χ0) is 11.8. The van der Waals surface area contributed by atoms with Gasteiger partial charge in [0.05, 0.1) is 12.0 Å². The van der Waals surface area contributed by atoms with Gasteiger partial charge in [0.1, 0.15) is 0 Å². The van der Waals surface area contributed by atoms with Crippen molar-refractivity contribution >= 4 is 0 Å². The Hall–Kier alpha value is -2.07. The number of hydrogen-bond acceptors (Lipinski definition) is 1. The van der Waals surface area contributed by atoms with Gasteiger partial charge in [-0.1, -0.05) is 49.4 Å². The molecule has 1 aliphatic rings. The highest BCUT2D eigenvalue weighted by Gasteiger charge is 2.27. The van der Waals surface area contributed by atoms with E-state index in [0.29, 0.717) is 0 Å². The average Bonchev–Trinajstić information content (AvgIpc) is 2.71. The largest absolute Gasteiger partial charge is 0.197 e. The first-order valence-electron chi connectivity index (χ1n) is 5.97. The molecule has 0 radical (unpaired) electrons. The highest BCUT2D eigenvalue weighted by molar-refractivity contribution is 5.80. The molecule has 1 aliphatic carbocycles. The molecule has 0 heterocycles. The molecule has 0 saturated heterocycles. The van der Waals surface area contributed by atoms with Crippen LogP contribution < -0.4 is 0 Å². The first-order valence-corrected chi connectivity index (χ1v) is 5.97. The van der Waals surface area contributed by atoms with Crippen LogP contribution in [0.3, 0.4) is 0 Å². The second-order valence-corrected chi connectivity index (χ2v) is 4.42. The molecule has 2 aromatic rings. The third-order valence-corrected chi connectivity index (χ3v) is 3.53. The Balaban J connectivity index is 2.28. The van der Waals surface area contributed by atoms with Gasteiger partial charge in [-0.2, -0.15) is 5.26 Å². The minimum absolute atomic E-state index is 0.0901. The average molecular weight is 219 g/mol. The maximum atomic E-state index is 9.37. The van der Waals surface area contributed by atoms with E-state index in [9.17, 15) is 5.26 Å². The molecule has 1 atom stereocenters. The van der Waals surface area contributed by atoms with Crippen LogP contribution in [0.25, 0.3) is 11.1 Å². The summed E-state index contributed by atoms with van der Waals surface area (Å²) in [6.45, 7) is 2.14. The Bertz CT molecular complexity index is 620. The van der Waals surface area contributed by atoms with Gasteiger partial charge in [-0.3, -0.25) is 0 Å². The highest BCUT2D eigenvalue weighted by atomic mass is 14.3. The van der Waals surface area contributed by atoms with Crippen molar-refractivity contribution in [1.82, 2.24) is 0 Å². The molecule has 0 saturated carbocycles. The van der Waals surface area contributed by atoms with Crippen LogP contribution in [0.15, 0.2) is 42.5 Å². The summed E-state index contributed by atoms with van der Waals surface area (Å²) in [5, 5.41) is 9.37. The molecule has 1 heteroatoms. The number of benzene rings is 2. The lowest BCUT2D eigenvalue weighted by Crippen LogP contribution is -1.93. The summed E-state index contributed by atoms with van der Waals surface area (Å²) in [7, 11) is 0. The van der Waals surface area contributed by atoms with Gasteiger partial charge in [0.15, 0.2) is 0 Å². The van der Waals surface area contributed by atoms with Gasteiger partial charge in [-0.05, 0) is 34.2 Å². The maximum Gasteiger partial charge on any atom is 0.0974 e. The summed E-state index contributed by atoms with van der Waals surface area (Å²) in [6, 6.07) is 17.2. The van der Waals surface area contributed by atoms with Crippen molar-refractivity contribution in [2.45, 2.75) is 19.3 Å². The summed E-state index contributed by atoms with van der Waals surface area (Å²) in [5.41, 5.74) is 6.07. The van der Waals surface area contributed by atoms with Crippen LogP contribution in [0, 0.1) is 11.3 Å². The molecule has 82 valence electrons. The molecular formula is C16H13N. The van der Waals surface area contributed by atoms with Crippen molar-refractivity contribution < 1.29 is 0 Å². The smallest absolute Gasteiger partial charge is 0.0974 e. The van der Waals surface area contributed by atoms with Gasteiger partial charge < -0.3 is 0 Å². The Morgan fingerprint density at radius 3 is 2.59 bits per heavy atom. The van der Waals surface area contributed by atoms with Crippen molar-refractivity contribution in [3.8, 4) is 17.2 Å². The lowest BCUT2D eigenvalue weighted by molar-refractivity contribution is 1.06. The third kappa shape index (κ3) is 1.38. The molecule has 0 aliphatic heterocycles. The molecule has 0 bridgehead atoms. The fraction of sp³-hybridized carbons (Fsp3) is 0.188. The summed E-state index contributed by atoms with van der Waals surface area (Å²) < 4.78 is 0. The minimum atomic E-state index is -0.0901. The van der Waals surface area contributed by atoms with Crippen LogP contribution in [-0.4, -0.2) is 0 Å². The Labute approximate surface area is 101 Å². The summed E-state index contributed by atoms with van der Waals surface area (Å²) in [4.78, 5) is 0. The Morgan fingerprint density at radius 2 is 1.82 bits per heavy atom. The molecule has 0 N–H and O–H groups in total. The van der Waals surface area contributed by atoms with Gasteiger partial charge >= 0.3 is 0 Å². The monoisotopic (exact) mass is 219 g/mol. The fourth-order valence-corrected chi connectivity index (χ4v) is 2.62. The van der Waals surface area contributed by atoms with E-state index in [4.69, 9.17) is 0 Å². The van der Waals surface area contributed by atoms with Crippen LogP contribution >= 0.6 is 0 Å².